The lowest BCUT2D eigenvalue weighted by Gasteiger charge is -2.29. The van der Waals surface area contributed by atoms with E-state index in [1.165, 1.54) is 0 Å². The molecular formula is C25H25BrN2O4. The van der Waals surface area contributed by atoms with Crippen LogP contribution in [0.2, 0.25) is 0 Å². The van der Waals surface area contributed by atoms with Crippen LogP contribution in [0, 0.1) is 6.92 Å². The first-order chi connectivity index (χ1) is 15.5. The minimum absolute atomic E-state index is 0.126. The monoisotopic (exact) mass is 496 g/mol. The van der Waals surface area contributed by atoms with Gasteiger partial charge in [0.1, 0.15) is 5.58 Å². The molecule has 1 aromatic heterocycles. The van der Waals surface area contributed by atoms with Crippen LogP contribution in [0.3, 0.4) is 0 Å². The third-order valence-corrected chi connectivity index (χ3v) is 6.76. The average Bonchev–Trinajstić information content (AvgIpc) is 3.07. The molecule has 0 bridgehead atoms. The van der Waals surface area contributed by atoms with Gasteiger partial charge in [0.05, 0.1) is 30.2 Å². The first-order valence-electron chi connectivity index (χ1n) is 11.0. The van der Waals surface area contributed by atoms with E-state index in [1.807, 2.05) is 43.3 Å². The van der Waals surface area contributed by atoms with Gasteiger partial charge in [0.15, 0.2) is 5.43 Å². The molecule has 2 aliphatic rings. The molecule has 3 aromatic rings. The summed E-state index contributed by atoms with van der Waals surface area (Å²) in [7, 11) is 0. The number of morpholine rings is 1. The van der Waals surface area contributed by atoms with Crippen LogP contribution in [-0.2, 0) is 4.74 Å². The van der Waals surface area contributed by atoms with Crippen molar-refractivity contribution >= 4 is 32.8 Å². The molecule has 1 fully saturated rings. The fourth-order valence-electron chi connectivity index (χ4n) is 4.68. The Labute approximate surface area is 194 Å². The standard InChI is InChI=1S/C25H25BrN2O4/c1-16-6-7-20-19(14-16)23(29)21-22(17-4-2-5-18(26)15-17)28(25(30)24(21)32-20)9-3-8-27-10-12-31-13-11-27/h2,4-7,14-15,22H,3,8-13H2,1H3/t22-/m0/s1. The molecule has 2 aromatic carbocycles. The normalized spacial score (nSPS) is 19.0. The van der Waals surface area contributed by atoms with Crippen molar-refractivity contribution < 1.29 is 13.9 Å². The lowest BCUT2D eigenvalue weighted by molar-refractivity contribution is 0.0353. The van der Waals surface area contributed by atoms with Crippen LogP contribution in [0.25, 0.3) is 11.0 Å². The summed E-state index contributed by atoms with van der Waals surface area (Å²) in [4.78, 5) is 31.2. The first kappa shape index (κ1) is 21.4. The van der Waals surface area contributed by atoms with Gasteiger partial charge in [-0.3, -0.25) is 14.5 Å². The summed E-state index contributed by atoms with van der Waals surface area (Å²) in [5.74, 6) is -0.0470. The molecule has 0 saturated carbocycles. The highest BCUT2D eigenvalue weighted by Gasteiger charge is 2.42. The summed E-state index contributed by atoms with van der Waals surface area (Å²) in [6.45, 7) is 6.70. The van der Waals surface area contributed by atoms with Gasteiger partial charge in [-0.2, -0.15) is 0 Å². The molecule has 7 heteroatoms. The molecule has 0 aliphatic carbocycles. The second-order valence-corrected chi connectivity index (χ2v) is 9.35. The Hall–Kier alpha value is -2.48. The summed E-state index contributed by atoms with van der Waals surface area (Å²) in [6.07, 6.45) is 0.817. The second-order valence-electron chi connectivity index (χ2n) is 8.44. The highest BCUT2D eigenvalue weighted by molar-refractivity contribution is 9.10. The maximum Gasteiger partial charge on any atom is 0.290 e. The topological polar surface area (TPSA) is 63.0 Å². The van der Waals surface area contributed by atoms with E-state index in [4.69, 9.17) is 9.15 Å². The van der Waals surface area contributed by atoms with E-state index in [1.54, 1.807) is 11.0 Å². The van der Waals surface area contributed by atoms with Crippen molar-refractivity contribution in [2.24, 2.45) is 0 Å². The van der Waals surface area contributed by atoms with Gasteiger partial charge in [0.25, 0.3) is 5.91 Å². The predicted octanol–water partition coefficient (Wildman–Crippen LogP) is 4.13. The van der Waals surface area contributed by atoms with Crippen molar-refractivity contribution in [3.63, 3.8) is 0 Å². The molecular weight excluding hydrogens is 472 g/mol. The van der Waals surface area contributed by atoms with E-state index in [9.17, 15) is 9.59 Å². The molecule has 0 unspecified atom stereocenters. The third kappa shape index (κ3) is 3.89. The maximum absolute atomic E-state index is 13.6. The first-order valence-corrected chi connectivity index (χ1v) is 11.8. The number of hydrogen-bond acceptors (Lipinski definition) is 5. The summed E-state index contributed by atoms with van der Waals surface area (Å²) in [5, 5.41) is 0.520. The van der Waals surface area contributed by atoms with Crippen LogP contribution in [0.5, 0.6) is 0 Å². The smallest absolute Gasteiger partial charge is 0.290 e. The molecule has 1 atom stereocenters. The van der Waals surface area contributed by atoms with E-state index >= 15 is 0 Å². The van der Waals surface area contributed by atoms with Crippen molar-refractivity contribution in [1.82, 2.24) is 9.80 Å². The minimum atomic E-state index is -0.458. The molecule has 32 heavy (non-hydrogen) atoms. The number of nitrogens with zero attached hydrogens (tertiary/aromatic N) is 2. The van der Waals surface area contributed by atoms with Crippen LogP contribution in [0.15, 0.2) is 56.1 Å². The van der Waals surface area contributed by atoms with Crippen molar-refractivity contribution in [2.45, 2.75) is 19.4 Å². The molecule has 0 radical (unpaired) electrons. The van der Waals surface area contributed by atoms with E-state index in [0.29, 0.717) is 23.1 Å². The molecule has 0 N–H and O–H groups in total. The van der Waals surface area contributed by atoms with Crippen LogP contribution in [0.4, 0.5) is 0 Å². The second kappa shape index (κ2) is 8.81. The minimum Gasteiger partial charge on any atom is -0.450 e. The lowest BCUT2D eigenvalue weighted by atomic mass is 9.98. The third-order valence-electron chi connectivity index (χ3n) is 6.26. The lowest BCUT2D eigenvalue weighted by Crippen LogP contribution is -2.38. The summed E-state index contributed by atoms with van der Waals surface area (Å²) < 4.78 is 12.4. The largest absolute Gasteiger partial charge is 0.450 e. The molecule has 1 amide bonds. The summed E-state index contributed by atoms with van der Waals surface area (Å²) in [6, 6.07) is 12.9. The summed E-state index contributed by atoms with van der Waals surface area (Å²) in [5.41, 5.74) is 2.65. The Morgan fingerprint density at radius 1 is 1.06 bits per heavy atom. The Bertz CT molecular complexity index is 1230. The number of benzene rings is 2. The molecule has 0 spiro atoms. The van der Waals surface area contributed by atoms with Crippen molar-refractivity contribution in [2.75, 3.05) is 39.4 Å². The molecule has 6 nitrogen and oxygen atoms in total. The fourth-order valence-corrected chi connectivity index (χ4v) is 5.09. The number of aryl methyl sites for hydroxylation is 1. The number of carbonyl (C=O) groups excluding carboxylic acids is 1. The van der Waals surface area contributed by atoms with Crippen LogP contribution >= 0.6 is 15.9 Å². The molecule has 1 saturated heterocycles. The van der Waals surface area contributed by atoms with E-state index < -0.39 is 6.04 Å². The van der Waals surface area contributed by atoms with Crippen molar-refractivity contribution in [3.8, 4) is 0 Å². The highest BCUT2D eigenvalue weighted by atomic mass is 79.9. The van der Waals surface area contributed by atoms with Gasteiger partial charge >= 0.3 is 0 Å². The van der Waals surface area contributed by atoms with Crippen LogP contribution in [-0.4, -0.2) is 55.1 Å². The maximum atomic E-state index is 13.6. The van der Waals surface area contributed by atoms with E-state index in [-0.39, 0.29) is 17.1 Å². The number of fused-ring (bicyclic) bond motifs is 2. The summed E-state index contributed by atoms with van der Waals surface area (Å²) >= 11 is 3.53. The highest BCUT2D eigenvalue weighted by Crippen LogP contribution is 2.39. The molecule has 2 aliphatic heterocycles. The van der Waals surface area contributed by atoms with Crippen LogP contribution in [0.1, 0.15) is 39.7 Å². The number of rotatable bonds is 5. The Morgan fingerprint density at radius 3 is 2.66 bits per heavy atom. The van der Waals surface area contributed by atoms with Gasteiger partial charge in [-0.25, -0.2) is 0 Å². The van der Waals surface area contributed by atoms with Gasteiger partial charge in [0.2, 0.25) is 5.76 Å². The van der Waals surface area contributed by atoms with Crippen molar-refractivity contribution in [1.29, 1.82) is 0 Å². The van der Waals surface area contributed by atoms with Gasteiger partial charge in [-0.1, -0.05) is 39.7 Å². The number of amides is 1. The Morgan fingerprint density at radius 2 is 1.88 bits per heavy atom. The zero-order valence-electron chi connectivity index (χ0n) is 18.0. The molecule has 3 heterocycles. The van der Waals surface area contributed by atoms with Gasteiger partial charge in [-0.15, -0.1) is 0 Å². The SMILES string of the molecule is Cc1ccc2oc3c(c(=O)c2c1)[C@H](c1cccc(Br)c1)N(CCCN1CCOCC1)C3=O. The van der Waals surface area contributed by atoms with Crippen LogP contribution < -0.4 is 5.43 Å². The van der Waals surface area contributed by atoms with Gasteiger partial charge in [-0.05, 0) is 43.2 Å². The Kier molecular flexibility index (Phi) is 5.88. The number of halogens is 1. The van der Waals surface area contributed by atoms with Gasteiger partial charge < -0.3 is 14.1 Å². The zero-order valence-corrected chi connectivity index (χ0v) is 19.6. The number of carbonyl (C=O) groups is 1. The zero-order chi connectivity index (χ0) is 22.2. The quantitative estimate of drug-likeness (QED) is 0.531. The van der Waals surface area contributed by atoms with Gasteiger partial charge in [0, 0.05) is 30.7 Å². The number of hydrogen-bond donors (Lipinski definition) is 0. The predicted molar refractivity (Wildman–Crippen MR) is 126 cm³/mol. The number of ether oxygens (including phenoxy) is 1. The van der Waals surface area contributed by atoms with E-state index in [0.717, 1.165) is 54.9 Å². The van der Waals surface area contributed by atoms with E-state index in [2.05, 4.69) is 20.8 Å². The molecule has 5 rings (SSSR count). The fraction of sp³-hybridized carbons (Fsp3) is 0.360. The average molecular weight is 497 g/mol. The Balaban J connectivity index is 1.54. The van der Waals surface area contributed by atoms with Crippen molar-refractivity contribution in [3.05, 3.63) is 79.6 Å². The molecule has 166 valence electrons.